The average molecular weight is 336 g/mol. The summed E-state index contributed by atoms with van der Waals surface area (Å²) >= 11 is 0. The van der Waals surface area contributed by atoms with Gasteiger partial charge in [-0.1, -0.05) is 27.2 Å². The van der Waals surface area contributed by atoms with Crippen molar-refractivity contribution in [2.75, 3.05) is 13.2 Å². The summed E-state index contributed by atoms with van der Waals surface area (Å²) in [6.45, 7) is 11.0. The van der Waals surface area contributed by atoms with Crippen molar-refractivity contribution in [2.24, 2.45) is 17.5 Å². The minimum absolute atomic E-state index is 0.106. The van der Waals surface area contributed by atoms with Crippen LogP contribution in [0.3, 0.4) is 0 Å². The van der Waals surface area contributed by atoms with E-state index in [1.54, 1.807) is 11.0 Å². The van der Waals surface area contributed by atoms with Gasteiger partial charge >= 0.3 is 0 Å². The quantitative estimate of drug-likeness (QED) is 0.430. The zero-order chi connectivity index (χ0) is 17.6. The second-order valence-electron chi connectivity index (χ2n) is 6.96. The third kappa shape index (κ3) is 4.47. The molecule has 2 N–H and O–H groups in total. The number of aromatic nitrogens is 3. The number of aryl methyl sites for hydroxylation is 1. The van der Waals surface area contributed by atoms with E-state index in [1.165, 1.54) is 6.42 Å². The number of guanidine groups is 1. The summed E-state index contributed by atoms with van der Waals surface area (Å²) < 4.78 is 7.77. The van der Waals surface area contributed by atoms with Gasteiger partial charge in [0.15, 0.2) is 5.96 Å². The summed E-state index contributed by atoms with van der Waals surface area (Å²) in [5, 5.41) is 10.9. The Morgan fingerprint density at radius 3 is 2.83 bits per heavy atom. The molecule has 1 aromatic heterocycles. The lowest BCUT2D eigenvalue weighted by Crippen LogP contribution is -2.63. The van der Waals surface area contributed by atoms with E-state index in [1.807, 2.05) is 7.05 Å². The first-order valence-electron chi connectivity index (χ1n) is 8.98. The van der Waals surface area contributed by atoms with Crippen LogP contribution in [0.5, 0.6) is 0 Å². The van der Waals surface area contributed by atoms with Gasteiger partial charge in [0.05, 0.1) is 6.10 Å². The zero-order valence-electron chi connectivity index (χ0n) is 15.7. The first-order valence-corrected chi connectivity index (χ1v) is 8.98. The summed E-state index contributed by atoms with van der Waals surface area (Å²) in [4.78, 5) is 8.85. The van der Waals surface area contributed by atoms with Crippen LogP contribution in [0.15, 0.2) is 11.3 Å². The maximum Gasteiger partial charge on any atom is 0.191 e. The van der Waals surface area contributed by atoms with Gasteiger partial charge in [-0.2, -0.15) is 5.10 Å². The minimum atomic E-state index is 0.106. The smallest absolute Gasteiger partial charge is 0.191 e. The molecule has 0 saturated heterocycles. The van der Waals surface area contributed by atoms with Crippen LogP contribution in [-0.2, 0) is 18.3 Å². The predicted octanol–water partition coefficient (Wildman–Crippen LogP) is 1.85. The Labute approximate surface area is 145 Å². The van der Waals surface area contributed by atoms with E-state index in [0.29, 0.717) is 18.7 Å². The molecule has 1 fully saturated rings. The highest BCUT2D eigenvalue weighted by Crippen LogP contribution is 2.42. The van der Waals surface area contributed by atoms with Crippen molar-refractivity contribution in [1.29, 1.82) is 0 Å². The van der Waals surface area contributed by atoms with Gasteiger partial charge in [0, 0.05) is 31.7 Å². The molecule has 0 radical (unpaired) electrons. The molecule has 0 bridgehead atoms. The number of rotatable bonds is 8. The lowest BCUT2D eigenvalue weighted by Gasteiger charge is -2.52. The van der Waals surface area contributed by atoms with Crippen LogP contribution in [0.4, 0.5) is 0 Å². The third-order valence-electron chi connectivity index (χ3n) is 4.83. The molecule has 1 aliphatic carbocycles. The fourth-order valence-corrected chi connectivity index (χ4v) is 2.88. The molecular formula is C17H32N6O. The molecule has 1 aromatic rings. The van der Waals surface area contributed by atoms with Crippen molar-refractivity contribution < 1.29 is 4.74 Å². The zero-order valence-corrected chi connectivity index (χ0v) is 15.7. The summed E-state index contributed by atoms with van der Waals surface area (Å²) in [6, 6.07) is 0.362. The topological polar surface area (TPSA) is 76.4 Å². The molecule has 1 aliphatic rings. The number of ether oxygens (including phenoxy) is 1. The molecule has 0 aliphatic heterocycles. The molecule has 2 atom stereocenters. The molecule has 0 amide bonds. The van der Waals surface area contributed by atoms with E-state index in [9.17, 15) is 0 Å². The van der Waals surface area contributed by atoms with Crippen molar-refractivity contribution in [2.45, 2.75) is 65.6 Å². The highest BCUT2D eigenvalue weighted by Gasteiger charge is 2.49. The molecular weight excluding hydrogens is 304 g/mol. The first-order chi connectivity index (χ1) is 11.5. The van der Waals surface area contributed by atoms with Crippen molar-refractivity contribution in [3.05, 3.63) is 12.2 Å². The molecule has 0 aromatic carbocycles. The molecule has 1 heterocycles. The van der Waals surface area contributed by atoms with Gasteiger partial charge in [-0.15, -0.1) is 0 Å². The van der Waals surface area contributed by atoms with Crippen LogP contribution in [0.25, 0.3) is 0 Å². The maximum absolute atomic E-state index is 6.02. The van der Waals surface area contributed by atoms with Crippen LogP contribution in [0.2, 0.25) is 0 Å². The molecule has 2 unspecified atom stereocenters. The predicted molar refractivity (Wildman–Crippen MR) is 95.8 cm³/mol. The Morgan fingerprint density at radius 1 is 1.46 bits per heavy atom. The molecule has 7 heteroatoms. The van der Waals surface area contributed by atoms with E-state index in [2.05, 4.69) is 53.4 Å². The average Bonchev–Trinajstić information content (AvgIpc) is 2.96. The summed E-state index contributed by atoms with van der Waals surface area (Å²) in [6.07, 6.45) is 5.20. The van der Waals surface area contributed by atoms with Gasteiger partial charge in [-0.3, -0.25) is 4.68 Å². The molecule has 24 heavy (non-hydrogen) atoms. The van der Waals surface area contributed by atoms with E-state index in [4.69, 9.17) is 4.74 Å². The summed E-state index contributed by atoms with van der Waals surface area (Å²) in [7, 11) is 1.88. The highest BCUT2D eigenvalue weighted by molar-refractivity contribution is 5.80. The number of hydrogen-bond acceptors (Lipinski definition) is 4. The monoisotopic (exact) mass is 336 g/mol. The minimum Gasteiger partial charge on any atom is -0.378 e. The molecule has 7 nitrogen and oxygen atoms in total. The van der Waals surface area contributed by atoms with Gasteiger partial charge in [0.2, 0.25) is 0 Å². The van der Waals surface area contributed by atoms with Gasteiger partial charge in [0.25, 0.3) is 0 Å². The Balaban J connectivity index is 1.90. The summed E-state index contributed by atoms with van der Waals surface area (Å²) in [5.74, 6) is 1.67. The third-order valence-corrected chi connectivity index (χ3v) is 4.83. The number of hydrogen-bond donors (Lipinski definition) is 2. The number of nitrogens with one attached hydrogen (secondary N) is 2. The van der Waals surface area contributed by atoms with Crippen LogP contribution in [-0.4, -0.2) is 46.0 Å². The van der Waals surface area contributed by atoms with Crippen LogP contribution in [0, 0.1) is 5.41 Å². The second kappa shape index (κ2) is 8.46. The van der Waals surface area contributed by atoms with Crippen LogP contribution < -0.4 is 10.6 Å². The fourth-order valence-electron chi connectivity index (χ4n) is 2.88. The number of aliphatic imine (C=N–C) groups is 1. The van der Waals surface area contributed by atoms with Crippen LogP contribution in [0.1, 0.15) is 52.8 Å². The Morgan fingerprint density at radius 2 is 2.25 bits per heavy atom. The Kier molecular flexibility index (Phi) is 6.60. The van der Waals surface area contributed by atoms with Crippen molar-refractivity contribution >= 4 is 5.96 Å². The molecule has 2 rings (SSSR count). The first kappa shape index (κ1) is 18.7. The van der Waals surface area contributed by atoms with Gasteiger partial charge in [0.1, 0.15) is 18.7 Å². The fraction of sp³-hybridized carbons (Fsp3) is 0.824. The largest absolute Gasteiger partial charge is 0.378 e. The molecule has 136 valence electrons. The van der Waals surface area contributed by atoms with Gasteiger partial charge in [-0.25, -0.2) is 9.98 Å². The normalized spacial score (nSPS) is 23.0. The number of nitrogens with zero attached hydrogens (tertiary/aromatic N) is 4. The highest BCUT2D eigenvalue weighted by atomic mass is 16.5. The van der Waals surface area contributed by atoms with Crippen molar-refractivity contribution in [3.63, 3.8) is 0 Å². The second-order valence-corrected chi connectivity index (χ2v) is 6.96. The SMILES string of the molecule is CCCCOC1CC(NC(=NCc2ncnn2C)NCC)C1(C)C. The lowest BCUT2D eigenvalue weighted by molar-refractivity contribution is -0.113. The van der Waals surface area contributed by atoms with E-state index in [0.717, 1.165) is 37.8 Å². The van der Waals surface area contributed by atoms with E-state index >= 15 is 0 Å². The summed E-state index contributed by atoms with van der Waals surface area (Å²) in [5.41, 5.74) is 0.106. The Hall–Kier alpha value is -1.63. The lowest BCUT2D eigenvalue weighted by atomic mass is 9.64. The van der Waals surface area contributed by atoms with Crippen molar-refractivity contribution in [3.8, 4) is 0 Å². The number of unbranched alkanes of at least 4 members (excludes halogenated alkanes) is 1. The molecule has 1 saturated carbocycles. The molecule has 0 spiro atoms. The van der Waals surface area contributed by atoms with E-state index < -0.39 is 0 Å². The van der Waals surface area contributed by atoms with E-state index in [-0.39, 0.29) is 5.41 Å². The van der Waals surface area contributed by atoms with Gasteiger partial charge in [-0.05, 0) is 19.8 Å². The Bertz CT molecular complexity index is 539. The van der Waals surface area contributed by atoms with Crippen LogP contribution >= 0.6 is 0 Å². The standard InChI is InChI=1S/C17H32N6O/c1-6-8-9-24-14-10-13(17(14,3)4)22-16(18-7-2)19-11-15-20-12-21-23(15)5/h12-14H,6-11H2,1-5H3,(H2,18,19,22). The maximum atomic E-state index is 6.02. The van der Waals surface area contributed by atoms with Gasteiger partial charge < -0.3 is 15.4 Å². The van der Waals surface area contributed by atoms with Crippen molar-refractivity contribution in [1.82, 2.24) is 25.4 Å².